The third-order valence-corrected chi connectivity index (χ3v) is 4.14. The average Bonchev–Trinajstić information content (AvgIpc) is 2.33. The summed E-state index contributed by atoms with van der Waals surface area (Å²) in [4.78, 5) is 0. The Hall–Kier alpha value is -0.540. The van der Waals surface area contributed by atoms with Crippen LogP contribution in [-0.2, 0) is 6.42 Å². The molecule has 1 unspecified atom stereocenters. The zero-order valence-electron chi connectivity index (χ0n) is 10.9. The maximum atomic E-state index is 6.27. The zero-order chi connectivity index (χ0) is 12.8. The van der Waals surface area contributed by atoms with Gasteiger partial charge in [-0.1, -0.05) is 42.6 Å². The topological polar surface area (TPSA) is 35.2 Å². The van der Waals surface area contributed by atoms with E-state index in [4.69, 9.17) is 10.5 Å². The summed E-state index contributed by atoms with van der Waals surface area (Å²) < 4.78 is 6.35. The zero-order valence-corrected chi connectivity index (χ0v) is 12.5. The molecular formula is C14H22BrNO. The SMILES string of the molecule is CCC(CC)C(N)Cc1cc(OC)ccc1Br. The molecule has 0 aliphatic carbocycles. The second kappa shape index (κ2) is 7.02. The molecule has 1 aromatic rings. The molecule has 0 aliphatic rings. The van der Waals surface area contributed by atoms with Gasteiger partial charge in [0.15, 0.2) is 0 Å². The van der Waals surface area contributed by atoms with Crippen molar-refractivity contribution in [2.75, 3.05) is 7.11 Å². The predicted molar refractivity (Wildman–Crippen MR) is 76.4 cm³/mol. The summed E-state index contributed by atoms with van der Waals surface area (Å²) >= 11 is 3.57. The van der Waals surface area contributed by atoms with Gasteiger partial charge >= 0.3 is 0 Å². The highest BCUT2D eigenvalue weighted by Crippen LogP contribution is 2.25. The third-order valence-electron chi connectivity index (χ3n) is 3.36. The van der Waals surface area contributed by atoms with Gasteiger partial charge in [0.25, 0.3) is 0 Å². The monoisotopic (exact) mass is 299 g/mol. The Kier molecular flexibility index (Phi) is 6.00. The minimum Gasteiger partial charge on any atom is -0.497 e. The van der Waals surface area contributed by atoms with Gasteiger partial charge in [-0.15, -0.1) is 0 Å². The van der Waals surface area contributed by atoms with E-state index in [0.717, 1.165) is 29.5 Å². The molecule has 1 aromatic carbocycles. The molecule has 2 nitrogen and oxygen atoms in total. The lowest BCUT2D eigenvalue weighted by Crippen LogP contribution is -2.31. The van der Waals surface area contributed by atoms with Crippen LogP contribution in [0.25, 0.3) is 0 Å². The lowest BCUT2D eigenvalue weighted by atomic mass is 9.90. The first-order valence-electron chi connectivity index (χ1n) is 6.20. The van der Waals surface area contributed by atoms with Crippen molar-refractivity contribution >= 4 is 15.9 Å². The van der Waals surface area contributed by atoms with Crippen LogP contribution in [0.1, 0.15) is 32.3 Å². The van der Waals surface area contributed by atoms with Crippen LogP contribution < -0.4 is 10.5 Å². The lowest BCUT2D eigenvalue weighted by molar-refractivity contribution is 0.391. The van der Waals surface area contributed by atoms with Crippen molar-refractivity contribution in [3.63, 3.8) is 0 Å². The highest BCUT2D eigenvalue weighted by Gasteiger charge is 2.16. The van der Waals surface area contributed by atoms with E-state index in [1.807, 2.05) is 12.1 Å². The van der Waals surface area contributed by atoms with Crippen LogP contribution in [-0.4, -0.2) is 13.2 Å². The van der Waals surface area contributed by atoms with E-state index in [1.165, 1.54) is 5.56 Å². The lowest BCUT2D eigenvalue weighted by Gasteiger charge is -2.22. The summed E-state index contributed by atoms with van der Waals surface area (Å²) in [6.45, 7) is 4.41. The summed E-state index contributed by atoms with van der Waals surface area (Å²) in [5, 5.41) is 0. The Bertz CT molecular complexity index is 350. The van der Waals surface area contributed by atoms with Gasteiger partial charge in [0.2, 0.25) is 0 Å². The molecule has 2 N–H and O–H groups in total. The summed E-state index contributed by atoms with van der Waals surface area (Å²) in [6.07, 6.45) is 3.17. The van der Waals surface area contributed by atoms with Crippen molar-refractivity contribution < 1.29 is 4.74 Å². The Labute approximate surface area is 113 Å². The second-order valence-corrected chi connectivity index (χ2v) is 5.26. The molecule has 1 rings (SSSR count). The highest BCUT2D eigenvalue weighted by atomic mass is 79.9. The van der Waals surface area contributed by atoms with Crippen molar-refractivity contribution in [2.45, 2.75) is 39.2 Å². The smallest absolute Gasteiger partial charge is 0.119 e. The van der Waals surface area contributed by atoms with Gasteiger partial charge in [-0.25, -0.2) is 0 Å². The Balaban J connectivity index is 2.79. The van der Waals surface area contributed by atoms with Crippen molar-refractivity contribution in [1.82, 2.24) is 0 Å². The molecule has 0 bridgehead atoms. The number of hydrogen-bond acceptors (Lipinski definition) is 2. The molecule has 0 fully saturated rings. The summed E-state index contributed by atoms with van der Waals surface area (Å²) in [5.41, 5.74) is 7.50. The molecule has 0 aromatic heterocycles. The number of benzene rings is 1. The maximum Gasteiger partial charge on any atom is 0.119 e. The maximum absolute atomic E-state index is 6.27. The first-order chi connectivity index (χ1) is 8.12. The standard InChI is InChI=1S/C14H22BrNO/c1-4-10(5-2)14(16)9-11-8-12(17-3)6-7-13(11)15/h6-8,10,14H,4-5,9,16H2,1-3H3. The number of nitrogens with two attached hydrogens (primary N) is 1. The minimum absolute atomic E-state index is 0.216. The Morgan fingerprint density at radius 3 is 2.47 bits per heavy atom. The van der Waals surface area contributed by atoms with Crippen molar-refractivity contribution in [3.8, 4) is 5.75 Å². The van der Waals surface area contributed by atoms with Crippen molar-refractivity contribution in [3.05, 3.63) is 28.2 Å². The van der Waals surface area contributed by atoms with Crippen LogP contribution in [0, 0.1) is 5.92 Å². The highest BCUT2D eigenvalue weighted by molar-refractivity contribution is 9.10. The molecule has 17 heavy (non-hydrogen) atoms. The number of ether oxygens (including phenoxy) is 1. The van der Waals surface area contributed by atoms with E-state index in [1.54, 1.807) is 7.11 Å². The molecule has 0 amide bonds. The molecule has 0 heterocycles. The number of hydrogen-bond donors (Lipinski definition) is 1. The fourth-order valence-corrected chi connectivity index (χ4v) is 2.56. The van der Waals surface area contributed by atoms with Crippen LogP contribution in [0.15, 0.2) is 22.7 Å². The fourth-order valence-electron chi connectivity index (χ4n) is 2.15. The van der Waals surface area contributed by atoms with Gasteiger partial charge in [0.1, 0.15) is 5.75 Å². The number of halogens is 1. The normalized spacial score (nSPS) is 12.8. The summed E-state index contributed by atoms with van der Waals surface area (Å²) in [5.74, 6) is 1.48. The summed E-state index contributed by atoms with van der Waals surface area (Å²) in [6, 6.07) is 6.25. The van der Waals surface area contributed by atoms with Crippen molar-refractivity contribution in [1.29, 1.82) is 0 Å². The largest absolute Gasteiger partial charge is 0.497 e. The van der Waals surface area contributed by atoms with E-state index in [0.29, 0.717) is 5.92 Å². The average molecular weight is 300 g/mol. The van der Waals surface area contributed by atoms with E-state index in [9.17, 15) is 0 Å². The molecule has 0 radical (unpaired) electrons. The molecule has 0 saturated carbocycles. The van der Waals surface area contributed by atoms with Gasteiger partial charge in [-0.2, -0.15) is 0 Å². The van der Waals surface area contributed by atoms with E-state index < -0.39 is 0 Å². The number of methoxy groups -OCH3 is 1. The molecule has 0 spiro atoms. The third kappa shape index (κ3) is 4.00. The van der Waals surface area contributed by atoms with Crippen LogP contribution >= 0.6 is 15.9 Å². The van der Waals surface area contributed by atoms with Gasteiger partial charge in [0.05, 0.1) is 7.11 Å². The first kappa shape index (κ1) is 14.5. The van der Waals surface area contributed by atoms with Crippen LogP contribution in [0.5, 0.6) is 5.75 Å². The van der Waals surface area contributed by atoms with Crippen LogP contribution in [0.2, 0.25) is 0 Å². The van der Waals surface area contributed by atoms with Gasteiger partial charge in [-0.3, -0.25) is 0 Å². The van der Waals surface area contributed by atoms with E-state index in [-0.39, 0.29) is 6.04 Å². The predicted octanol–water partition coefficient (Wildman–Crippen LogP) is 3.76. The molecular weight excluding hydrogens is 278 g/mol. The quantitative estimate of drug-likeness (QED) is 0.868. The summed E-state index contributed by atoms with van der Waals surface area (Å²) in [7, 11) is 1.69. The first-order valence-corrected chi connectivity index (χ1v) is 6.99. The Morgan fingerprint density at radius 1 is 1.29 bits per heavy atom. The van der Waals surface area contributed by atoms with Gasteiger partial charge in [0, 0.05) is 10.5 Å². The van der Waals surface area contributed by atoms with Crippen molar-refractivity contribution in [2.24, 2.45) is 11.7 Å². The minimum atomic E-state index is 0.216. The second-order valence-electron chi connectivity index (χ2n) is 4.40. The number of rotatable bonds is 6. The van der Waals surface area contributed by atoms with Crippen LogP contribution in [0.4, 0.5) is 0 Å². The molecule has 3 heteroatoms. The van der Waals surface area contributed by atoms with Crippen LogP contribution in [0.3, 0.4) is 0 Å². The van der Waals surface area contributed by atoms with Gasteiger partial charge < -0.3 is 10.5 Å². The van der Waals surface area contributed by atoms with E-state index in [2.05, 4.69) is 35.8 Å². The molecule has 0 saturated heterocycles. The molecule has 1 atom stereocenters. The van der Waals surface area contributed by atoms with E-state index >= 15 is 0 Å². The Morgan fingerprint density at radius 2 is 1.94 bits per heavy atom. The molecule has 0 aliphatic heterocycles. The van der Waals surface area contributed by atoms with Gasteiger partial charge in [-0.05, 0) is 36.1 Å². The fraction of sp³-hybridized carbons (Fsp3) is 0.571. The molecule has 96 valence electrons.